The van der Waals surface area contributed by atoms with Gasteiger partial charge in [0.25, 0.3) is 11.8 Å². The quantitative estimate of drug-likeness (QED) is 0.518. The molecule has 0 unspecified atom stereocenters. The van der Waals surface area contributed by atoms with Crippen molar-refractivity contribution in [2.24, 2.45) is 0 Å². The number of aromatic nitrogens is 2. The van der Waals surface area contributed by atoms with Gasteiger partial charge < -0.3 is 14.5 Å². The maximum Gasteiger partial charge on any atom is 0.258 e. The number of hydrogen-bond acceptors (Lipinski definition) is 5. The first-order chi connectivity index (χ1) is 14.3. The Bertz CT molecular complexity index is 1080. The lowest BCUT2D eigenvalue weighted by Gasteiger charge is -2.10. The smallest absolute Gasteiger partial charge is 0.258 e. The second kappa shape index (κ2) is 8.84. The first-order valence-electron chi connectivity index (χ1n) is 9.21. The predicted molar refractivity (Wildman–Crippen MR) is 109 cm³/mol. The van der Waals surface area contributed by atoms with Gasteiger partial charge in [0, 0.05) is 12.1 Å². The van der Waals surface area contributed by atoms with E-state index < -0.39 is 0 Å². The number of rotatable bonds is 7. The van der Waals surface area contributed by atoms with E-state index in [0.717, 1.165) is 11.1 Å². The van der Waals surface area contributed by atoms with E-state index in [-0.39, 0.29) is 12.5 Å². The number of carbonyl (C=O) groups excluding carboxylic acids is 1. The number of carbonyl (C=O) groups is 1. The zero-order chi connectivity index (χ0) is 19.9. The van der Waals surface area contributed by atoms with Crippen molar-refractivity contribution in [1.82, 2.24) is 15.5 Å². The van der Waals surface area contributed by atoms with Crippen molar-refractivity contribution in [3.63, 3.8) is 0 Å². The van der Waals surface area contributed by atoms with Crippen molar-refractivity contribution in [1.29, 1.82) is 0 Å². The first kappa shape index (κ1) is 18.4. The number of para-hydroxylation sites is 1. The Morgan fingerprint density at radius 1 is 0.828 bits per heavy atom. The summed E-state index contributed by atoms with van der Waals surface area (Å²) in [6.07, 6.45) is 0. The Balaban J connectivity index is 1.42. The summed E-state index contributed by atoms with van der Waals surface area (Å²) in [4.78, 5) is 12.1. The summed E-state index contributed by atoms with van der Waals surface area (Å²) in [6.45, 7) is 0.346. The van der Waals surface area contributed by atoms with Gasteiger partial charge in [-0.1, -0.05) is 60.7 Å². The van der Waals surface area contributed by atoms with Crippen molar-refractivity contribution in [3.8, 4) is 28.7 Å². The molecular formula is C23H19N3O3. The van der Waals surface area contributed by atoms with E-state index in [2.05, 4.69) is 15.5 Å². The molecule has 6 nitrogen and oxygen atoms in total. The highest BCUT2D eigenvalue weighted by Gasteiger charge is 2.15. The van der Waals surface area contributed by atoms with Crippen molar-refractivity contribution >= 4 is 5.91 Å². The molecule has 1 aromatic heterocycles. The summed E-state index contributed by atoms with van der Waals surface area (Å²) < 4.78 is 11.5. The van der Waals surface area contributed by atoms with Crippen LogP contribution in [0.25, 0.3) is 22.9 Å². The summed E-state index contributed by atoms with van der Waals surface area (Å²) in [7, 11) is 0. The van der Waals surface area contributed by atoms with E-state index in [9.17, 15) is 4.79 Å². The molecular weight excluding hydrogens is 366 g/mol. The maximum atomic E-state index is 12.1. The molecule has 6 heteroatoms. The van der Waals surface area contributed by atoms with Gasteiger partial charge in [0.1, 0.15) is 5.75 Å². The number of benzene rings is 3. The second-order valence-electron chi connectivity index (χ2n) is 6.33. The number of ether oxygens (including phenoxy) is 1. The Labute approximate surface area is 168 Å². The molecule has 0 bridgehead atoms. The van der Waals surface area contributed by atoms with Crippen LogP contribution in [-0.4, -0.2) is 22.7 Å². The molecule has 0 radical (unpaired) electrons. The Kier molecular flexibility index (Phi) is 5.62. The molecule has 1 N–H and O–H groups in total. The molecule has 0 atom stereocenters. The van der Waals surface area contributed by atoms with E-state index in [1.165, 1.54) is 0 Å². The molecule has 4 aromatic rings. The normalized spacial score (nSPS) is 10.5. The largest absolute Gasteiger partial charge is 0.483 e. The van der Waals surface area contributed by atoms with Gasteiger partial charge in [0.15, 0.2) is 6.61 Å². The van der Waals surface area contributed by atoms with E-state index in [1.54, 1.807) is 6.07 Å². The van der Waals surface area contributed by atoms with Crippen LogP contribution < -0.4 is 10.1 Å². The molecule has 1 amide bonds. The average Bonchev–Trinajstić information content (AvgIpc) is 3.28. The monoisotopic (exact) mass is 385 g/mol. The zero-order valence-electron chi connectivity index (χ0n) is 15.6. The molecule has 0 aliphatic carbocycles. The van der Waals surface area contributed by atoms with Crippen molar-refractivity contribution in [2.75, 3.05) is 6.61 Å². The minimum Gasteiger partial charge on any atom is -0.483 e. The molecule has 144 valence electrons. The fourth-order valence-corrected chi connectivity index (χ4v) is 2.79. The van der Waals surface area contributed by atoms with Crippen molar-refractivity contribution in [2.45, 2.75) is 6.54 Å². The number of nitrogens with one attached hydrogen (secondary N) is 1. The topological polar surface area (TPSA) is 77.2 Å². The minimum atomic E-state index is -0.209. The Morgan fingerprint density at radius 3 is 2.28 bits per heavy atom. The number of nitrogens with zero attached hydrogens (tertiary/aromatic N) is 2. The zero-order valence-corrected chi connectivity index (χ0v) is 15.6. The van der Waals surface area contributed by atoms with Crippen LogP contribution in [0, 0.1) is 0 Å². The average molecular weight is 385 g/mol. The molecule has 0 aliphatic rings. The van der Waals surface area contributed by atoms with Crippen LogP contribution in [0.15, 0.2) is 89.3 Å². The maximum absolute atomic E-state index is 12.1. The van der Waals surface area contributed by atoms with Gasteiger partial charge in [-0.2, -0.15) is 0 Å². The van der Waals surface area contributed by atoms with Crippen molar-refractivity contribution < 1.29 is 13.9 Å². The van der Waals surface area contributed by atoms with Gasteiger partial charge in [-0.3, -0.25) is 4.79 Å². The molecule has 1 heterocycles. The van der Waals surface area contributed by atoms with E-state index >= 15 is 0 Å². The van der Waals surface area contributed by atoms with Gasteiger partial charge in [-0.15, -0.1) is 10.2 Å². The molecule has 0 fully saturated rings. The van der Waals surface area contributed by atoms with Crippen molar-refractivity contribution in [3.05, 3.63) is 90.5 Å². The van der Waals surface area contributed by atoms with Crippen LogP contribution in [-0.2, 0) is 11.3 Å². The molecule has 0 aliphatic heterocycles. The third kappa shape index (κ3) is 4.68. The second-order valence-corrected chi connectivity index (χ2v) is 6.33. The molecule has 0 spiro atoms. The lowest BCUT2D eigenvalue weighted by atomic mass is 10.2. The van der Waals surface area contributed by atoms with Gasteiger partial charge in [0.2, 0.25) is 5.89 Å². The lowest BCUT2D eigenvalue weighted by Crippen LogP contribution is -2.28. The van der Waals surface area contributed by atoms with Crippen LogP contribution in [0.3, 0.4) is 0 Å². The SMILES string of the molecule is O=C(COc1ccccc1-c1nnc(-c2ccccc2)o1)NCc1ccccc1. The first-order valence-corrected chi connectivity index (χ1v) is 9.21. The fraction of sp³-hybridized carbons (Fsp3) is 0.0870. The van der Waals surface area contributed by atoms with E-state index in [1.807, 2.05) is 78.9 Å². The summed E-state index contributed by atoms with van der Waals surface area (Å²) >= 11 is 0. The Hall–Kier alpha value is -3.93. The number of amides is 1. The minimum absolute atomic E-state index is 0.108. The Morgan fingerprint density at radius 2 is 1.48 bits per heavy atom. The van der Waals surface area contributed by atoms with Gasteiger partial charge in [0.05, 0.1) is 5.56 Å². The third-order valence-electron chi connectivity index (χ3n) is 4.25. The van der Waals surface area contributed by atoms with Crippen LogP contribution in [0.4, 0.5) is 0 Å². The standard InChI is InChI=1S/C23H19N3O3/c27-21(24-15-17-9-3-1-4-10-17)16-28-20-14-8-7-13-19(20)23-26-25-22(29-23)18-11-5-2-6-12-18/h1-14H,15-16H2,(H,24,27). The van der Waals surface area contributed by atoms with Crippen LogP contribution >= 0.6 is 0 Å². The summed E-state index contributed by atoms with van der Waals surface area (Å²) in [6, 6.07) is 26.5. The number of hydrogen-bond donors (Lipinski definition) is 1. The molecule has 0 saturated heterocycles. The van der Waals surface area contributed by atoms with E-state index in [0.29, 0.717) is 29.6 Å². The van der Waals surface area contributed by atoms with Gasteiger partial charge in [-0.25, -0.2) is 0 Å². The lowest BCUT2D eigenvalue weighted by molar-refractivity contribution is -0.123. The molecule has 29 heavy (non-hydrogen) atoms. The highest BCUT2D eigenvalue weighted by atomic mass is 16.5. The molecule has 0 saturated carbocycles. The van der Waals surface area contributed by atoms with Crippen LogP contribution in [0.5, 0.6) is 5.75 Å². The summed E-state index contributed by atoms with van der Waals surface area (Å²) in [5.74, 6) is 1.06. The summed E-state index contributed by atoms with van der Waals surface area (Å²) in [5.41, 5.74) is 2.50. The summed E-state index contributed by atoms with van der Waals surface area (Å²) in [5, 5.41) is 11.1. The van der Waals surface area contributed by atoms with Crippen LogP contribution in [0.1, 0.15) is 5.56 Å². The molecule has 4 rings (SSSR count). The fourth-order valence-electron chi connectivity index (χ4n) is 2.79. The third-order valence-corrected chi connectivity index (χ3v) is 4.25. The van der Waals surface area contributed by atoms with Crippen LogP contribution in [0.2, 0.25) is 0 Å². The highest BCUT2D eigenvalue weighted by Crippen LogP contribution is 2.30. The van der Waals surface area contributed by atoms with Gasteiger partial charge >= 0.3 is 0 Å². The molecule has 3 aromatic carbocycles. The van der Waals surface area contributed by atoms with E-state index in [4.69, 9.17) is 9.15 Å². The highest BCUT2D eigenvalue weighted by molar-refractivity contribution is 5.78. The predicted octanol–water partition coefficient (Wildman–Crippen LogP) is 4.10. The van der Waals surface area contributed by atoms with Gasteiger partial charge in [-0.05, 0) is 29.8 Å².